The summed E-state index contributed by atoms with van der Waals surface area (Å²) in [6.07, 6.45) is 0.898. The van der Waals surface area contributed by atoms with Gasteiger partial charge in [-0.25, -0.2) is 0 Å². The molecule has 0 heterocycles. The van der Waals surface area contributed by atoms with Gasteiger partial charge in [-0.05, 0) is 31.0 Å². The monoisotopic (exact) mass is 255 g/mol. The molecule has 1 aromatic rings. The lowest BCUT2D eigenvalue weighted by Gasteiger charge is -2.20. The summed E-state index contributed by atoms with van der Waals surface area (Å²) >= 11 is 5.82. The second-order valence-corrected chi connectivity index (χ2v) is 4.85. The molecule has 96 valence electrons. The predicted molar refractivity (Wildman–Crippen MR) is 74.2 cm³/mol. The van der Waals surface area contributed by atoms with E-state index < -0.39 is 0 Å². The highest BCUT2D eigenvalue weighted by Gasteiger charge is 2.14. The van der Waals surface area contributed by atoms with Gasteiger partial charge < -0.3 is 10.1 Å². The molecule has 0 bridgehead atoms. The van der Waals surface area contributed by atoms with Crippen LogP contribution in [0.3, 0.4) is 0 Å². The molecule has 3 heteroatoms. The number of nitrogens with one attached hydrogen (secondary N) is 1. The molecule has 1 rings (SSSR count). The lowest BCUT2D eigenvalue weighted by atomic mass is 9.97. The molecule has 0 aliphatic rings. The van der Waals surface area contributed by atoms with Gasteiger partial charge in [0.05, 0.1) is 7.11 Å². The first-order chi connectivity index (χ1) is 8.13. The summed E-state index contributed by atoms with van der Waals surface area (Å²) in [6.45, 7) is 4.37. The van der Waals surface area contributed by atoms with Gasteiger partial charge in [-0.3, -0.25) is 0 Å². The van der Waals surface area contributed by atoms with Gasteiger partial charge >= 0.3 is 0 Å². The Kier molecular flexibility index (Phi) is 5.79. The summed E-state index contributed by atoms with van der Waals surface area (Å²) in [5.74, 6) is 2.10. The highest BCUT2D eigenvalue weighted by molar-refractivity contribution is 6.17. The lowest BCUT2D eigenvalue weighted by Crippen LogP contribution is -2.17. The Morgan fingerprint density at radius 3 is 2.53 bits per heavy atom. The van der Waals surface area contributed by atoms with Crippen LogP contribution in [0.5, 0.6) is 5.75 Å². The van der Waals surface area contributed by atoms with E-state index >= 15 is 0 Å². The molecule has 0 aromatic heterocycles. The molecule has 1 aromatic carbocycles. The van der Waals surface area contributed by atoms with Gasteiger partial charge in [0.25, 0.3) is 0 Å². The molecule has 0 amide bonds. The summed E-state index contributed by atoms with van der Waals surface area (Å²) in [7, 11) is 3.67. The Bertz CT molecular complexity index is 352. The zero-order valence-corrected chi connectivity index (χ0v) is 11.8. The van der Waals surface area contributed by atoms with E-state index in [0.29, 0.717) is 11.8 Å². The smallest absolute Gasteiger partial charge is 0.123 e. The van der Waals surface area contributed by atoms with Gasteiger partial charge in [-0.1, -0.05) is 26.0 Å². The number of alkyl halides is 1. The number of hydrogen-bond donors (Lipinski definition) is 1. The highest BCUT2D eigenvalue weighted by Crippen LogP contribution is 2.30. The first-order valence-corrected chi connectivity index (χ1v) is 6.58. The van der Waals surface area contributed by atoms with E-state index in [1.165, 1.54) is 11.1 Å². The van der Waals surface area contributed by atoms with Crippen molar-refractivity contribution in [3.05, 3.63) is 29.3 Å². The molecule has 1 atom stereocenters. The maximum absolute atomic E-state index is 5.82. The molecule has 1 unspecified atom stereocenters. The van der Waals surface area contributed by atoms with Crippen molar-refractivity contribution in [2.24, 2.45) is 0 Å². The average Bonchev–Trinajstić information content (AvgIpc) is 2.35. The molecule has 0 spiro atoms. The quantitative estimate of drug-likeness (QED) is 0.783. The summed E-state index contributed by atoms with van der Waals surface area (Å²) in [5, 5.41) is 3.28. The van der Waals surface area contributed by atoms with Crippen molar-refractivity contribution in [3.63, 3.8) is 0 Å². The first-order valence-electron chi connectivity index (χ1n) is 6.05. The molecule has 2 nitrogen and oxygen atoms in total. The molecule has 17 heavy (non-hydrogen) atoms. The normalized spacial score (nSPS) is 12.8. The van der Waals surface area contributed by atoms with Crippen molar-refractivity contribution in [2.75, 3.05) is 20.0 Å². The number of methoxy groups -OCH3 is 1. The van der Waals surface area contributed by atoms with Crippen LogP contribution in [0, 0.1) is 0 Å². The average molecular weight is 256 g/mol. The van der Waals surface area contributed by atoms with Crippen LogP contribution in [0.15, 0.2) is 18.2 Å². The molecule has 1 N–H and O–H groups in total. The van der Waals surface area contributed by atoms with Gasteiger partial charge in [-0.15, -0.1) is 11.6 Å². The van der Waals surface area contributed by atoms with Crippen molar-refractivity contribution in [1.82, 2.24) is 5.32 Å². The SMILES string of the molecule is CNC(CCCl)c1ccc(C(C)C)cc1OC. The van der Waals surface area contributed by atoms with E-state index in [9.17, 15) is 0 Å². The Labute approximate surface area is 109 Å². The van der Waals surface area contributed by atoms with E-state index in [1.807, 2.05) is 7.05 Å². The molecule has 0 saturated carbocycles. The zero-order chi connectivity index (χ0) is 12.8. The Balaban J connectivity index is 3.06. The largest absolute Gasteiger partial charge is 0.496 e. The minimum Gasteiger partial charge on any atom is -0.496 e. The van der Waals surface area contributed by atoms with Crippen molar-refractivity contribution in [3.8, 4) is 5.75 Å². The van der Waals surface area contributed by atoms with Gasteiger partial charge in [-0.2, -0.15) is 0 Å². The van der Waals surface area contributed by atoms with E-state index in [2.05, 4.69) is 37.4 Å². The van der Waals surface area contributed by atoms with Crippen LogP contribution in [-0.4, -0.2) is 20.0 Å². The van der Waals surface area contributed by atoms with E-state index in [-0.39, 0.29) is 6.04 Å². The second kappa shape index (κ2) is 6.87. The van der Waals surface area contributed by atoms with Gasteiger partial charge in [0.1, 0.15) is 5.75 Å². The number of hydrogen-bond acceptors (Lipinski definition) is 2. The zero-order valence-electron chi connectivity index (χ0n) is 11.1. The summed E-state index contributed by atoms with van der Waals surface area (Å²) < 4.78 is 5.48. The number of benzene rings is 1. The van der Waals surface area contributed by atoms with Gasteiger partial charge in [0, 0.05) is 17.5 Å². The minimum absolute atomic E-state index is 0.253. The van der Waals surface area contributed by atoms with Crippen LogP contribution >= 0.6 is 11.6 Å². The molecular formula is C14H22ClNO. The molecule has 0 radical (unpaired) electrons. The Morgan fingerprint density at radius 1 is 1.35 bits per heavy atom. The molecule has 0 aliphatic heterocycles. The topological polar surface area (TPSA) is 21.3 Å². The summed E-state index contributed by atoms with van der Waals surface area (Å²) in [6, 6.07) is 6.69. The van der Waals surface area contributed by atoms with E-state index in [4.69, 9.17) is 16.3 Å². The van der Waals surface area contributed by atoms with Crippen molar-refractivity contribution < 1.29 is 4.74 Å². The highest BCUT2D eigenvalue weighted by atomic mass is 35.5. The molecular weight excluding hydrogens is 234 g/mol. The Morgan fingerprint density at radius 2 is 2.06 bits per heavy atom. The third kappa shape index (κ3) is 3.62. The van der Waals surface area contributed by atoms with Crippen molar-refractivity contribution in [1.29, 1.82) is 0 Å². The van der Waals surface area contributed by atoms with Crippen LogP contribution in [-0.2, 0) is 0 Å². The summed E-state index contributed by atoms with van der Waals surface area (Å²) in [4.78, 5) is 0. The maximum Gasteiger partial charge on any atom is 0.123 e. The molecule has 0 saturated heterocycles. The number of halogens is 1. The van der Waals surface area contributed by atoms with E-state index in [1.54, 1.807) is 7.11 Å². The van der Waals surface area contributed by atoms with Crippen molar-refractivity contribution in [2.45, 2.75) is 32.2 Å². The van der Waals surface area contributed by atoms with Gasteiger partial charge in [0.2, 0.25) is 0 Å². The molecule has 0 aliphatic carbocycles. The predicted octanol–water partition coefficient (Wildman–Crippen LogP) is 3.71. The number of ether oxygens (including phenoxy) is 1. The first kappa shape index (κ1) is 14.3. The van der Waals surface area contributed by atoms with Gasteiger partial charge in [0.15, 0.2) is 0 Å². The molecule has 0 fully saturated rings. The van der Waals surface area contributed by atoms with Crippen LogP contribution in [0.2, 0.25) is 0 Å². The standard InChI is InChI=1S/C14H22ClNO/c1-10(2)11-5-6-12(14(9-11)17-4)13(16-3)7-8-15/h5-6,9-10,13,16H,7-8H2,1-4H3. The van der Waals surface area contributed by atoms with Crippen LogP contribution < -0.4 is 10.1 Å². The Hall–Kier alpha value is -0.730. The van der Waals surface area contributed by atoms with Crippen LogP contribution in [0.1, 0.15) is 43.4 Å². The third-order valence-electron chi connectivity index (χ3n) is 3.05. The van der Waals surface area contributed by atoms with Crippen molar-refractivity contribution >= 4 is 11.6 Å². The number of rotatable bonds is 6. The minimum atomic E-state index is 0.253. The second-order valence-electron chi connectivity index (χ2n) is 4.48. The third-order valence-corrected chi connectivity index (χ3v) is 3.26. The van der Waals surface area contributed by atoms with E-state index in [0.717, 1.165) is 12.2 Å². The fraction of sp³-hybridized carbons (Fsp3) is 0.571. The fourth-order valence-electron chi connectivity index (χ4n) is 1.94. The summed E-state index contributed by atoms with van der Waals surface area (Å²) in [5.41, 5.74) is 2.48. The van der Waals surface area contributed by atoms with Crippen LogP contribution in [0.4, 0.5) is 0 Å². The van der Waals surface area contributed by atoms with Crippen LogP contribution in [0.25, 0.3) is 0 Å². The fourth-order valence-corrected chi connectivity index (χ4v) is 2.16. The lowest BCUT2D eigenvalue weighted by molar-refractivity contribution is 0.399. The maximum atomic E-state index is 5.82.